The third kappa shape index (κ3) is 4.53. The molecule has 0 bridgehead atoms. The first-order chi connectivity index (χ1) is 16.9. The normalized spacial score (nSPS) is 19.0. The number of aromatic nitrogens is 3. The molecule has 2 amide bonds. The van der Waals surface area contributed by atoms with Crippen LogP contribution >= 0.6 is 0 Å². The molecule has 3 aromatic rings. The molecule has 0 saturated carbocycles. The van der Waals surface area contributed by atoms with Gasteiger partial charge in [0.15, 0.2) is 0 Å². The third-order valence-corrected chi connectivity index (χ3v) is 6.69. The second-order valence-corrected chi connectivity index (χ2v) is 8.83. The van der Waals surface area contributed by atoms with Crippen LogP contribution in [0.1, 0.15) is 13.3 Å². The van der Waals surface area contributed by atoms with Crippen LogP contribution < -0.4 is 19.7 Å². The Kier molecular flexibility index (Phi) is 6.06. The van der Waals surface area contributed by atoms with Crippen LogP contribution in [0.15, 0.2) is 36.7 Å². The zero-order chi connectivity index (χ0) is 24.5. The van der Waals surface area contributed by atoms with Gasteiger partial charge in [0.25, 0.3) is 0 Å². The van der Waals surface area contributed by atoms with Crippen molar-refractivity contribution >= 4 is 23.2 Å². The molecule has 5 rings (SSSR count). The number of ether oxygens (including phenoxy) is 2. The lowest BCUT2D eigenvalue weighted by Crippen LogP contribution is -2.48. The van der Waals surface area contributed by atoms with Crippen molar-refractivity contribution in [3.05, 3.63) is 36.7 Å². The number of benzene rings is 1. The summed E-state index contributed by atoms with van der Waals surface area (Å²) in [4.78, 5) is 31.2. The Hall–Kier alpha value is -4.02. The van der Waals surface area contributed by atoms with Crippen LogP contribution in [0.4, 0.5) is 10.5 Å². The fraction of sp³-hybridized carbons (Fsp3) is 0.417. The molecule has 4 heterocycles. The zero-order valence-electron chi connectivity index (χ0n) is 19.7. The highest BCUT2D eigenvalue weighted by Gasteiger charge is 2.29. The number of fused-ring (bicyclic) bond motifs is 1. The Balaban J connectivity index is 1.42. The summed E-state index contributed by atoms with van der Waals surface area (Å²) < 4.78 is 13.6. The molecule has 2 aliphatic rings. The van der Waals surface area contributed by atoms with Crippen LogP contribution in [0.2, 0.25) is 0 Å². The molecule has 2 saturated heterocycles. The van der Waals surface area contributed by atoms with Gasteiger partial charge in [-0.1, -0.05) is 6.07 Å². The number of piperazine rings is 1. The molecule has 2 atom stereocenters. The van der Waals surface area contributed by atoms with E-state index < -0.39 is 6.09 Å². The number of anilines is 1. The molecule has 0 spiro atoms. The van der Waals surface area contributed by atoms with Gasteiger partial charge in [0, 0.05) is 50.6 Å². The van der Waals surface area contributed by atoms with E-state index in [1.165, 1.54) is 4.90 Å². The summed E-state index contributed by atoms with van der Waals surface area (Å²) in [5, 5.41) is 16.4. The Morgan fingerprint density at radius 2 is 2.03 bits per heavy atom. The number of nitrogens with zero attached hydrogens (tertiary/aromatic N) is 5. The molecule has 1 unspecified atom stereocenters. The van der Waals surface area contributed by atoms with Crippen molar-refractivity contribution in [2.24, 2.45) is 5.92 Å². The molecule has 0 aliphatic carbocycles. The van der Waals surface area contributed by atoms with Crippen molar-refractivity contribution in [1.29, 1.82) is 0 Å². The van der Waals surface area contributed by atoms with Gasteiger partial charge < -0.3 is 29.7 Å². The van der Waals surface area contributed by atoms with Gasteiger partial charge in [-0.2, -0.15) is 5.10 Å². The highest BCUT2D eigenvalue weighted by Crippen LogP contribution is 2.34. The summed E-state index contributed by atoms with van der Waals surface area (Å²) in [6, 6.07) is 7.70. The molecular formula is C24H28N6O5. The molecule has 2 aromatic heterocycles. The van der Waals surface area contributed by atoms with Crippen molar-refractivity contribution < 1.29 is 24.2 Å². The Labute approximate surface area is 202 Å². The van der Waals surface area contributed by atoms with Crippen molar-refractivity contribution in [2.45, 2.75) is 19.4 Å². The quantitative estimate of drug-likeness (QED) is 0.550. The Morgan fingerprint density at radius 1 is 1.23 bits per heavy atom. The lowest BCUT2D eigenvalue weighted by Gasteiger charge is -2.35. The number of hydrogen-bond acceptors (Lipinski definition) is 7. The van der Waals surface area contributed by atoms with E-state index in [1.807, 2.05) is 37.4 Å². The third-order valence-electron chi connectivity index (χ3n) is 6.69. The van der Waals surface area contributed by atoms with Gasteiger partial charge in [-0.15, -0.1) is 0 Å². The zero-order valence-corrected chi connectivity index (χ0v) is 19.7. The van der Waals surface area contributed by atoms with Gasteiger partial charge in [-0.3, -0.25) is 4.79 Å². The van der Waals surface area contributed by atoms with E-state index in [0.29, 0.717) is 56.5 Å². The average Bonchev–Trinajstić information content (AvgIpc) is 3.53. The van der Waals surface area contributed by atoms with Crippen LogP contribution in [0.3, 0.4) is 0 Å². The van der Waals surface area contributed by atoms with Gasteiger partial charge in [0.1, 0.15) is 17.4 Å². The lowest BCUT2D eigenvalue weighted by atomic mass is 10.0. The number of amides is 2. The summed E-state index contributed by atoms with van der Waals surface area (Å²) in [7, 11) is 1.62. The van der Waals surface area contributed by atoms with Crippen molar-refractivity contribution in [1.82, 2.24) is 24.8 Å². The van der Waals surface area contributed by atoms with E-state index in [4.69, 9.17) is 14.5 Å². The minimum Gasteiger partial charge on any atom is -0.495 e. The van der Waals surface area contributed by atoms with E-state index in [-0.39, 0.29) is 17.9 Å². The second kappa shape index (κ2) is 9.32. The molecular weight excluding hydrogens is 452 g/mol. The van der Waals surface area contributed by atoms with Gasteiger partial charge in [0.05, 0.1) is 30.9 Å². The van der Waals surface area contributed by atoms with E-state index in [0.717, 1.165) is 16.8 Å². The summed E-state index contributed by atoms with van der Waals surface area (Å²) in [5.74, 6) is 1.26. The van der Waals surface area contributed by atoms with Gasteiger partial charge >= 0.3 is 6.09 Å². The highest BCUT2D eigenvalue weighted by atomic mass is 16.5. The lowest BCUT2D eigenvalue weighted by molar-refractivity contribution is -0.119. The predicted octanol–water partition coefficient (Wildman–Crippen LogP) is 2.11. The first-order valence-corrected chi connectivity index (χ1v) is 11.6. The molecule has 11 heteroatoms. The topological polar surface area (TPSA) is 122 Å². The molecule has 184 valence electrons. The summed E-state index contributed by atoms with van der Waals surface area (Å²) >= 11 is 0. The van der Waals surface area contributed by atoms with Crippen LogP contribution in [-0.2, 0) is 4.79 Å². The first-order valence-electron chi connectivity index (χ1n) is 11.6. The predicted molar refractivity (Wildman–Crippen MR) is 128 cm³/mol. The Morgan fingerprint density at radius 3 is 2.71 bits per heavy atom. The molecule has 0 radical (unpaired) electrons. The number of rotatable bonds is 6. The largest absolute Gasteiger partial charge is 0.495 e. The van der Waals surface area contributed by atoms with E-state index in [9.17, 15) is 14.7 Å². The molecule has 11 nitrogen and oxygen atoms in total. The smallest absolute Gasteiger partial charge is 0.407 e. The van der Waals surface area contributed by atoms with Gasteiger partial charge in [0.2, 0.25) is 11.8 Å². The average molecular weight is 481 g/mol. The monoisotopic (exact) mass is 480 g/mol. The SMILES string of the molecule is COc1cc(-c2cn3nccc3c(O[C@H](C)C3CNC(=O)C3)n2)ccc1N1CCN(C(=O)O)CC1. The van der Waals surface area contributed by atoms with Crippen LogP contribution in [0.25, 0.3) is 16.8 Å². The number of carbonyl (C=O) groups excluding carboxylic acids is 1. The van der Waals surface area contributed by atoms with Gasteiger partial charge in [-0.05, 0) is 25.1 Å². The van der Waals surface area contributed by atoms with E-state index in [1.54, 1.807) is 17.8 Å². The van der Waals surface area contributed by atoms with Crippen LogP contribution in [0.5, 0.6) is 11.6 Å². The van der Waals surface area contributed by atoms with Crippen molar-refractivity contribution in [3.63, 3.8) is 0 Å². The van der Waals surface area contributed by atoms with E-state index >= 15 is 0 Å². The fourth-order valence-electron chi connectivity index (χ4n) is 4.59. The van der Waals surface area contributed by atoms with Crippen molar-refractivity contribution in [3.8, 4) is 22.9 Å². The maximum absolute atomic E-state index is 11.6. The van der Waals surface area contributed by atoms with Crippen LogP contribution in [0, 0.1) is 5.92 Å². The first kappa shape index (κ1) is 22.8. The molecule has 35 heavy (non-hydrogen) atoms. The van der Waals surface area contributed by atoms with Crippen LogP contribution in [-0.4, -0.2) is 82.5 Å². The van der Waals surface area contributed by atoms with E-state index in [2.05, 4.69) is 15.3 Å². The summed E-state index contributed by atoms with van der Waals surface area (Å²) in [6.07, 6.45) is 2.88. The maximum atomic E-state index is 11.6. The van der Waals surface area contributed by atoms with Gasteiger partial charge in [-0.25, -0.2) is 14.3 Å². The number of nitrogens with one attached hydrogen (secondary N) is 1. The molecule has 2 N–H and O–H groups in total. The Bertz CT molecular complexity index is 1250. The number of carbonyl (C=O) groups is 2. The highest BCUT2D eigenvalue weighted by molar-refractivity contribution is 5.78. The summed E-state index contributed by atoms with van der Waals surface area (Å²) in [5.41, 5.74) is 3.16. The number of methoxy groups -OCH3 is 1. The number of hydrogen-bond donors (Lipinski definition) is 2. The molecule has 2 aliphatic heterocycles. The molecule has 2 fully saturated rings. The fourth-order valence-corrected chi connectivity index (χ4v) is 4.59. The summed E-state index contributed by atoms with van der Waals surface area (Å²) in [6.45, 7) is 4.61. The standard InChI is InChI=1S/C24H28N6O5/c1-15(17-12-22(31)25-13-17)35-23-20-5-6-26-30(20)14-18(27-23)16-3-4-19(21(11-16)34-2)28-7-9-29(10-8-28)24(32)33/h3-6,11,14-15,17H,7-10,12-13H2,1-2H3,(H,25,31)(H,32,33)/t15-,17?/m1/s1. The number of carboxylic acid groups (broad SMARTS) is 1. The molecule has 1 aromatic carbocycles. The second-order valence-electron chi connectivity index (χ2n) is 8.83. The maximum Gasteiger partial charge on any atom is 0.407 e. The minimum atomic E-state index is -0.893. The minimum absolute atomic E-state index is 0.0400. The van der Waals surface area contributed by atoms with Crippen molar-refractivity contribution in [2.75, 3.05) is 44.7 Å².